The molecule has 1 fully saturated rings. The molecule has 0 radical (unpaired) electrons. The lowest BCUT2D eigenvalue weighted by molar-refractivity contribution is 0.164. The zero-order valence-electron chi connectivity index (χ0n) is 13.1. The second-order valence-corrected chi connectivity index (χ2v) is 5.59. The van der Waals surface area contributed by atoms with Gasteiger partial charge < -0.3 is 14.5 Å². The van der Waals surface area contributed by atoms with Gasteiger partial charge in [0.2, 0.25) is 5.89 Å². The minimum atomic E-state index is 0.124. The van der Waals surface area contributed by atoms with Gasteiger partial charge in [-0.2, -0.15) is 4.98 Å². The number of anilines is 1. The van der Waals surface area contributed by atoms with E-state index in [2.05, 4.69) is 26.9 Å². The third-order valence-corrected chi connectivity index (χ3v) is 4.24. The summed E-state index contributed by atoms with van der Waals surface area (Å²) in [4.78, 5) is 8.97. The van der Waals surface area contributed by atoms with E-state index in [4.69, 9.17) is 4.52 Å². The lowest BCUT2D eigenvalue weighted by atomic mass is 10.2. The summed E-state index contributed by atoms with van der Waals surface area (Å²) in [7, 11) is 0. The van der Waals surface area contributed by atoms with Crippen LogP contribution in [-0.4, -0.2) is 46.3 Å². The van der Waals surface area contributed by atoms with Gasteiger partial charge in [-0.15, -0.1) is 0 Å². The number of hydrogen-bond donors (Lipinski definition) is 1. The zero-order chi connectivity index (χ0) is 15.5. The van der Waals surface area contributed by atoms with E-state index in [9.17, 15) is 5.11 Å². The minimum Gasteiger partial charge on any atom is -0.506 e. The summed E-state index contributed by atoms with van der Waals surface area (Å²) in [6.45, 7) is 7.67. The number of rotatable bonds is 4. The Balaban J connectivity index is 1.63. The van der Waals surface area contributed by atoms with Crippen LogP contribution in [-0.2, 0) is 6.42 Å². The van der Waals surface area contributed by atoms with Gasteiger partial charge in [0.1, 0.15) is 5.75 Å². The second-order valence-electron chi connectivity index (χ2n) is 5.59. The fourth-order valence-electron chi connectivity index (χ4n) is 2.82. The van der Waals surface area contributed by atoms with Crippen LogP contribution in [0.2, 0.25) is 0 Å². The van der Waals surface area contributed by atoms with Crippen molar-refractivity contribution in [1.29, 1.82) is 0 Å². The molecule has 1 saturated heterocycles. The molecule has 22 heavy (non-hydrogen) atoms. The fraction of sp³-hybridized carbons (Fsp3) is 0.500. The molecule has 0 spiro atoms. The highest BCUT2D eigenvalue weighted by atomic mass is 16.5. The van der Waals surface area contributed by atoms with Crippen LogP contribution in [0, 0.1) is 0 Å². The first-order valence-electron chi connectivity index (χ1n) is 7.78. The Morgan fingerprint density at radius 3 is 2.59 bits per heavy atom. The Hall–Kier alpha value is -2.08. The number of aryl methyl sites for hydroxylation is 1. The Bertz CT molecular complexity index is 620. The third kappa shape index (κ3) is 2.92. The van der Waals surface area contributed by atoms with Crippen molar-refractivity contribution in [2.75, 3.05) is 31.1 Å². The predicted molar refractivity (Wildman–Crippen MR) is 84.0 cm³/mol. The molecule has 0 unspecified atom stereocenters. The normalized spacial score (nSPS) is 17.6. The number of phenols is 1. The molecule has 2 heterocycles. The SMILES string of the molecule is CCc1noc([C@@H](C)N2CCN(c3ccccc3O)CC2)n1. The topological polar surface area (TPSA) is 65.6 Å². The summed E-state index contributed by atoms with van der Waals surface area (Å²) < 4.78 is 5.34. The molecule has 1 aromatic heterocycles. The Kier molecular flexibility index (Phi) is 4.29. The number of hydrogen-bond acceptors (Lipinski definition) is 6. The van der Waals surface area contributed by atoms with Crippen molar-refractivity contribution in [3.05, 3.63) is 36.0 Å². The average Bonchev–Trinajstić information content (AvgIpc) is 3.04. The van der Waals surface area contributed by atoms with E-state index < -0.39 is 0 Å². The summed E-state index contributed by atoms with van der Waals surface area (Å²) in [5.74, 6) is 1.79. The molecular weight excluding hydrogens is 280 g/mol. The van der Waals surface area contributed by atoms with E-state index in [0.717, 1.165) is 44.1 Å². The highest BCUT2D eigenvalue weighted by Gasteiger charge is 2.26. The van der Waals surface area contributed by atoms with Crippen LogP contribution >= 0.6 is 0 Å². The predicted octanol–water partition coefficient (Wildman–Crippen LogP) is 2.22. The van der Waals surface area contributed by atoms with Gasteiger partial charge in [-0.05, 0) is 19.1 Å². The summed E-state index contributed by atoms with van der Waals surface area (Å²) in [5, 5.41) is 13.9. The molecule has 6 nitrogen and oxygen atoms in total. The van der Waals surface area contributed by atoms with Crippen molar-refractivity contribution >= 4 is 5.69 Å². The molecule has 1 aliphatic rings. The van der Waals surface area contributed by atoms with Crippen molar-refractivity contribution in [3.8, 4) is 5.75 Å². The molecule has 1 N–H and O–H groups in total. The summed E-state index contributed by atoms with van der Waals surface area (Å²) in [6, 6.07) is 7.61. The van der Waals surface area contributed by atoms with E-state index >= 15 is 0 Å². The standard InChI is InChI=1S/C16H22N4O2/c1-3-15-17-16(22-18-15)12(2)19-8-10-20(11-9-19)13-6-4-5-7-14(13)21/h4-7,12,21H,3,8-11H2,1-2H3/t12-/m1/s1. The van der Waals surface area contributed by atoms with Crippen LogP contribution in [0.4, 0.5) is 5.69 Å². The zero-order valence-corrected chi connectivity index (χ0v) is 13.1. The van der Waals surface area contributed by atoms with Crippen molar-refractivity contribution in [2.24, 2.45) is 0 Å². The van der Waals surface area contributed by atoms with Gasteiger partial charge in [0.15, 0.2) is 5.82 Å². The van der Waals surface area contributed by atoms with Gasteiger partial charge in [0.25, 0.3) is 0 Å². The number of nitrogens with zero attached hydrogens (tertiary/aromatic N) is 4. The number of phenolic OH excluding ortho intramolecular Hbond substituents is 1. The number of aromatic hydroxyl groups is 1. The largest absolute Gasteiger partial charge is 0.506 e. The van der Waals surface area contributed by atoms with Gasteiger partial charge in [-0.25, -0.2) is 0 Å². The van der Waals surface area contributed by atoms with E-state index in [1.165, 1.54) is 0 Å². The maximum atomic E-state index is 9.96. The molecule has 0 bridgehead atoms. The van der Waals surface area contributed by atoms with E-state index in [-0.39, 0.29) is 6.04 Å². The monoisotopic (exact) mass is 302 g/mol. The first-order chi connectivity index (χ1) is 10.7. The molecule has 0 saturated carbocycles. The van der Waals surface area contributed by atoms with Crippen molar-refractivity contribution in [2.45, 2.75) is 26.3 Å². The highest BCUT2D eigenvalue weighted by Crippen LogP contribution is 2.28. The lowest BCUT2D eigenvalue weighted by Crippen LogP contribution is -2.47. The summed E-state index contributed by atoms with van der Waals surface area (Å²) in [6.07, 6.45) is 0.789. The van der Waals surface area contributed by atoms with Gasteiger partial charge in [-0.1, -0.05) is 24.2 Å². The summed E-state index contributed by atoms with van der Waals surface area (Å²) >= 11 is 0. The van der Waals surface area contributed by atoms with Crippen LogP contribution in [0.3, 0.4) is 0 Å². The van der Waals surface area contributed by atoms with Crippen LogP contribution in [0.5, 0.6) is 5.75 Å². The van der Waals surface area contributed by atoms with E-state index in [0.29, 0.717) is 11.6 Å². The number of piperazine rings is 1. The van der Waals surface area contributed by atoms with Crippen molar-refractivity contribution in [1.82, 2.24) is 15.0 Å². The number of aromatic nitrogens is 2. The Morgan fingerprint density at radius 2 is 1.95 bits per heavy atom. The van der Waals surface area contributed by atoms with Crippen LogP contribution in [0.25, 0.3) is 0 Å². The molecule has 0 aliphatic carbocycles. The first-order valence-corrected chi connectivity index (χ1v) is 7.78. The van der Waals surface area contributed by atoms with Gasteiger partial charge in [-0.3, -0.25) is 4.90 Å². The van der Waals surface area contributed by atoms with Gasteiger partial charge >= 0.3 is 0 Å². The quantitative estimate of drug-likeness (QED) is 0.934. The average molecular weight is 302 g/mol. The Labute approximate surface area is 130 Å². The molecule has 3 rings (SSSR count). The van der Waals surface area contributed by atoms with E-state index in [1.807, 2.05) is 25.1 Å². The minimum absolute atomic E-state index is 0.124. The van der Waals surface area contributed by atoms with Gasteiger partial charge in [0.05, 0.1) is 11.7 Å². The Morgan fingerprint density at radius 1 is 1.23 bits per heavy atom. The molecule has 2 aromatic rings. The highest BCUT2D eigenvalue weighted by molar-refractivity contribution is 5.57. The maximum Gasteiger partial charge on any atom is 0.243 e. The van der Waals surface area contributed by atoms with Crippen LogP contribution in [0.1, 0.15) is 31.6 Å². The number of benzene rings is 1. The lowest BCUT2D eigenvalue weighted by Gasteiger charge is -2.38. The molecule has 1 aliphatic heterocycles. The van der Waals surface area contributed by atoms with E-state index in [1.54, 1.807) is 6.07 Å². The smallest absolute Gasteiger partial charge is 0.243 e. The second kappa shape index (κ2) is 6.36. The van der Waals surface area contributed by atoms with Crippen molar-refractivity contribution in [3.63, 3.8) is 0 Å². The molecule has 1 aromatic carbocycles. The van der Waals surface area contributed by atoms with Crippen molar-refractivity contribution < 1.29 is 9.63 Å². The van der Waals surface area contributed by atoms with Gasteiger partial charge in [0, 0.05) is 32.6 Å². The number of para-hydroxylation sites is 2. The first kappa shape index (κ1) is 14.8. The summed E-state index contributed by atoms with van der Waals surface area (Å²) in [5.41, 5.74) is 0.904. The fourth-order valence-corrected chi connectivity index (χ4v) is 2.82. The molecule has 0 amide bonds. The van der Waals surface area contributed by atoms with Crippen LogP contribution in [0.15, 0.2) is 28.8 Å². The molecule has 1 atom stereocenters. The molecule has 118 valence electrons. The maximum absolute atomic E-state index is 9.96. The molecular formula is C16H22N4O2. The molecule has 6 heteroatoms. The third-order valence-electron chi connectivity index (χ3n) is 4.24. The van der Waals surface area contributed by atoms with Crippen LogP contribution < -0.4 is 4.90 Å².